The Kier molecular flexibility index (Phi) is 5.75. The lowest BCUT2D eigenvalue weighted by Crippen LogP contribution is -2.09. The van der Waals surface area contributed by atoms with Gasteiger partial charge in [-0.3, -0.25) is 4.40 Å². The molecule has 0 N–H and O–H groups in total. The molecule has 4 nitrogen and oxygen atoms in total. The van der Waals surface area contributed by atoms with Crippen molar-refractivity contribution in [2.75, 3.05) is 4.90 Å². The molecule has 2 aromatic heterocycles. The number of para-hydroxylation sites is 3. The smallest absolute Gasteiger partial charge is 0.169 e. The van der Waals surface area contributed by atoms with Gasteiger partial charge in [0, 0.05) is 33.4 Å². The molecule has 0 fully saturated rings. The maximum absolute atomic E-state index is 4.73. The lowest BCUT2D eigenvalue weighted by molar-refractivity contribution is 1.12. The first kappa shape index (κ1) is 24.1. The molecule has 0 radical (unpaired) electrons. The van der Waals surface area contributed by atoms with Gasteiger partial charge in [0.05, 0.1) is 5.52 Å². The summed E-state index contributed by atoms with van der Waals surface area (Å²) in [6.07, 6.45) is 0. The maximum Gasteiger partial charge on any atom is 0.169 e. The minimum absolute atomic E-state index is 0.833. The lowest BCUT2D eigenvalue weighted by atomic mass is 10.0. The summed E-state index contributed by atoms with van der Waals surface area (Å²) in [4.78, 5) is 2.29. The molecule has 2 heterocycles. The lowest BCUT2D eigenvalue weighted by Gasteiger charge is -2.26. The highest BCUT2D eigenvalue weighted by atomic mass is 15.2. The summed E-state index contributed by atoms with van der Waals surface area (Å²) in [5.74, 6) is 0.833. The van der Waals surface area contributed by atoms with E-state index in [1.807, 2.05) is 0 Å². The number of pyridine rings is 1. The largest absolute Gasteiger partial charge is 0.310 e. The van der Waals surface area contributed by atoms with E-state index in [1.165, 1.54) is 10.8 Å². The van der Waals surface area contributed by atoms with Gasteiger partial charge in [0.25, 0.3) is 0 Å². The Balaban J connectivity index is 1.27. The maximum atomic E-state index is 4.73. The van der Waals surface area contributed by atoms with Crippen molar-refractivity contribution in [3.8, 4) is 22.5 Å². The van der Waals surface area contributed by atoms with E-state index in [4.69, 9.17) is 5.10 Å². The molecule has 0 aliphatic heterocycles. The van der Waals surface area contributed by atoms with Crippen LogP contribution in [-0.4, -0.2) is 14.6 Å². The van der Waals surface area contributed by atoms with E-state index in [2.05, 4.69) is 172 Å². The van der Waals surface area contributed by atoms with Crippen LogP contribution in [-0.2, 0) is 0 Å². The molecular formula is C38H26N4. The minimum Gasteiger partial charge on any atom is -0.310 e. The molecule has 0 aliphatic carbocycles. The molecule has 0 atom stereocenters. The number of nitrogens with zero attached hydrogens (tertiary/aromatic N) is 4. The van der Waals surface area contributed by atoms with E-state index in [0.29, 0.717) is 0 Å². The van der Waals surface area contributed by atoms with Crippen molar-refractivity contribution >= 4 is 44.4 Å². The van der Waals surface area contributed by atoms with Crippen LogP contribution in [0.1, 0.15) is 0 Å². The Morgan fingerprint density at radius 1 is 0.405 bits per heavy atom. The Morgan fingerprint density at radius 3 is 1.69 bits per heavy atom. The topological polar surface area (TPSA) is 33.4 Å². The van der Waals surface area contributed by atoms with E-state index >= 15 is 0 Å². The van der Waals surface area contributed by atoms with Gasteiger partial charge in [0.2, 0.25) is 0 Å². The zero-order chi connectivity index (χ0) is 27.9. The molecule has 0 saturated carbocycles. The molecule has 0 spiro atoms. The third kappa shape index (κ3) is 4.01. The van der Waals surface area contributed by atoms with Crippen LogP contribution in [0, 0.1) is 0 Å². The van der Waals surface area contributed by atoms with Gasteiger partial charge in [0.1, 0.15) is 0 Å². The summed E-state index contributed by atoms with van der Waals surface area (Å²) < 4.78 is 2.19. The summed E-state index contributed by atoms with van der Waals surface area (Å²) in [6, 6.07) is 55.2. The summed E-state index contributed by atoms with van der Waals surface area (Å²) >= 11 is 0. The fourth-order valence-electron chi connectivity index (χ4n) is 5.95. The first-order chi connectivity index (χ1) is 20.8. The van der Waals surface area contributed by atoms with Crippen molar-refractivity contribution in [3.63, 3.8) is 0 Å². The van der Waals surface area contributed by atoms with Crippen LogP contribution in [0.25, 0.3) is 49.8 Å². The number of aromatic nitrogens is 3. The third-order valence-corrected chi connectivity index (χ3v) is 7.85. The van der Waals surface area contributed by atoms with Crippen LogP contribution < -0.4 is 4.90 Å². The molecule has 4 heteroatoms. The molecule has 0 bridgehead atoms. The van der Waals surface area contributed by atoms with Crippen LogP contribution in [0.4, 0.5) is 17.1 Å². The molecule has 0 aliphatic rings. The standard InChI is InChI=1S/C38H26N4/c1-3-16-30(17-4-1)41(31-18-5-2-6-19-31)32-20-12-14-28(26-32)27-13-11-15-29(25-27)37-39-40-38-35-23-8-7-21-33(35)34-22-9-10-24-36(34)42(37)38/h1-26H. The third-order valence-electron chi connectivity index (χ3n) is 7.85. The molecule has 8 aromatic rings. The summed E-state index contributed by atoms with van der Waals surface area (Å²) in [5, 5.41) is 12.9. The van der Waals surface area contributed by atoms with Gasteiger partial charge < -0.3 is 4.90 Å². The Hall–Kier alpha value is -5.74. The molecule has 42 heavy (non-hydrogen) atoms. The molecular weight excluding hydrogens is 512 g/mol. The van der Waals surface area contributed by atoms with Crippen molar-refractivity contribution < 1.29 is 0 Å². The Labute approximate surface area is 243 Å². The Morgan fingerprint density at radius 2 is 0.952 bits per heavy atom. The van der Waals surface area contributed by atoms with Gasteiger partial charge in [-0.15, -0.1) is 10.2 Å². The second-order valence-electron chi connectivity index (χ2n) is 10.4. The van der Waals surface area contributed by atoms with Gasteiger partial charge in [-0.25, -0.2) is 0 Å². The SMILES string of the molecule is c1ccc(N(c2ccccc2)c2cccc(-c3cccc(-c4nnc5c6ccccc6c6ccccc6n45)c3)c2)cc1. The number of anilines is 3. The predicted molar refractivity (Wildman–Crippen MR) is 174 cm³/mol. The van der Waals surface area contributed by atoms with Crippen molar-refractivity contribution in [1.29, 1.82) is 0 Å². The molecule has 0 unspecified atom stereocenters. The van der Waals surface area contributed by atoms with Crippen molar-refractivity contribution in [3.05, 3.63) is 158 Å². The van der Waals surface area contributed by atoms with Crippen LogP contribution >= 0.6 is 0 Å². The fraction of sp³-hybridized carbons (Fsp3) is 0. The van der Waals surface area contributed by atoms with E-state index in [0.717, 1.165) is 56.1 Å². The van der Waals surface area contributed by atoms with E-state index < -0.39 is 0 Å². The van der Waals surface area contributed by atoms with E-state index in [1.54, 1.807) is 0 Å². The molecule has 8 rings (SSSR count). The summed E-state index contributed by atoms with van der Waals surface area (Å²) in [7, 11) is 0. The number of fused-ring (bicyclic) bond motifs is 6. The average molecular weight is 539 g/mol. The summed E-state index contributed by atoms with van der Waals surface area (Å²) in [6.45, 7) is 0. The molecule has 198 valence electrons. The van der Waals surface area contributed by atoms with Crippen LogP contribution in [0.15, 0.2) is 158 Å². The van der Waals surface area contributed by atoms with Gasteiger partial charge >= 0.3 is 0 Å². The normalized spacial score (nSPS) is 11.3. The molecule has 0 saturated heterocycles. The number of hydrogen-bond acceptors (Lipinski definition) is 3. The van der Waals surface area contributed by atoms with E-state index in [9.17, 15) is 0 Å². The number of hydrogen-bond donors (Lipinski definition) is 0. The van der Waals surface area contributed by atoms with Crippen molar-refractivity contribution in [2.24, 2.45) is 0 Å². The van der Waals surface area contributed by atoms with Crippen molar-refractivity contribution in [1.82, 2.24) is 14.6 Å². The van der Waals surface area contributed by atoms with Gasteiger partial charge in [0.15, 0.2) is 11.5 Å². The second kappa shape index (κ2) is 10.0. The van der Waals surface area contributed by atoms with Gasteiger partial charge in [-0.05, 0) is 65.0 Å². The van der Waals surface area contributed by atoms with Crippen molar-refractivity contribution in [2.45, 2.75) is 0 Å². The Bertz CT molecular complexity index is 2160. The number of benzene rings is 6. The monoisotopic (exact) mass is 538 g/mol. The van der Waals surface area contributed by atoms with E-state index in [-0.39, 0.29) is 0 Å². The first-order valence-corrected chi connectivity index (χ1v) is 14.1. The summed E-state index contributed by atoms with van der Waals surface area (Å²) in [5.41, 5.74) is 8.57. The fourth-order valence-corrected chi connectivity index (χ4v) is 5.95. The second-order valence-corrected chi connectivity index (χ2v) is 10.4. The van der Waals surface area contributed by atoms with Gasteiger partial charge in [-0.2, -0.15) is 0 Å². The first-order valence-electron chi connectivity index (χ1n) is 14.1. The van der Waals surface area contributed by atoms with Crippen LogP contribution in [0.2, 0.25) is 0 Å². The van der Waals surface area contributed by atoms with Crippen LogP contribution in [0.5, 0.6) is 0 Å². The molecule has 0 amide bonds. The van der Waals surface area contributed by atoms with Crippen LogP contribution in [0.3, 0.4) is 0 Å². The zero-order valence-corrected chi connectivity index (χ0v) is 22.8. The number of rotatable bonds is 5. The highest BCUT2D eigenvalue weighted by Crippen LogP contribution is 2.37. The zero-order valence-electron chi connectivity index (χ0n) is 22.8. The quantitative estimate of drug-likeness (QED) is 0.205. The average Bonchev–Trinajstić information content (AvgIpc) is 3.52. The minimum atomic E-state index is 0.833. The predicted octanol–water partition coefficient (Wildman–Crippen LogP) is 9.84. The molecule has 6 aromatic carbocycles. The van der Waals surface area contributed by atoms with Gasteiger partial charge in [-0.1, -0.05) is 109 Å². The highest BCUT2D eigenvalue weighted by molar-refractivity contribution is 6.12. The highest BCUT2D eigenvalue weighted by Gasteiger charge is 2.17.